The first-order valence-corrected chi connectivity index (χ1v) is 9.99. The molecule has 0 aliphatic rings. The summed E-state index contributed by atoms with van der Waals surface area (Å²) in [4.78, 5) is 70.5. The van der Waals surface area contributed by atoms with E-state index in [4.69, 9.17) is 21.7 Å². The first kappa shape index (κ1) is 28.0. The number of carboxylic acid groups (broad SMARTS) is 2. The second-order valence-corrected chi connectivity index (χ2v) is 7.27. The van der Waals surface area contributed by atoms with Crippen molar-refractivity contribution in [2.24, 2.45) is 11.5 Å². The molecule has 0 aromatic heterocycles. The minimum atomic E-state index is -1.79. The molecule has 34 heavy (non-hydrogen) atoms. The molecule has 0 saturated heterocycles. The van der Waals surface area contributed by atoms with Crippen LogP contribution >= 0.6 is 0 Å². The highest BCUT2D eigenvalue weighted by molar-refractivity contribution is 5.96. The van der Waals surface area contributed by atoms with E-state index in [1.807, 2.05) is 10.6 Å². The van der Waals surface area contributed by atoms with E-state index < -0.39 is 79.2 Å². The minimum absolute atomic E-state index is 0.132. The molecular formula is C20H27N5O9. The van der Waals surface area contributed by atoms with Crippen LogP contribution in [0.2, 0.25) is 0 Å². The predicted octanol–water partition coefficient (Wildman–Crippen LogP) is -3.56. The van der Waals surface area contributed by atoms with Crippen LogP contribution in [0.15, 0.2) is 30.3 Å². The normalized spacial score (nSPS) is 14.1. The summed E-state index contributed by atoms with van der Waals surface area (Å²) in [5.74, 6) is -7.30. The molecule has 0 aliphatic heterocycles. The highest BCUT2D eigenvalue weighted by atomic mass is 16.4. The maximum absolute atomic E-state index is 12.5. The van der Waals surface area contributed by atoms with Crippen LogP contribution in [0.5, 0.6) is 0 Å². The van der Waals surface area contributed by atoms with Crippen LogP contribution in [0.1, 0.15) is 18.4 Å². The Balaban J connectivity index is 2.85. The highest BCUT2D eigenvalue weighted by Crippen LogP contribution is 2.03. The van der Waals surface area contributed by atoms with E-state index in [-0.39, 0.29) is 6.42 Å². The summed E-state index contributed by atoms with van der Waals surface area (Å²) in [7, 11) is 0. The summed E-state index contributed by atoms with van der Waals surface area (Å²) >= 11 is 0. The molecule has 1 rings (SSSR count). The van der Waals surface area contributed by atoms with Gasteiger partial charge in [-0.15, -0.1) is 0 Å². The number of hydrogen-bond acceptors (Lipinski definition) is 8. The van der Waals surface area contributed by atoms with Crippen LogP contribution in [-0.2, 0) is 35.2 Å². The van der Waals surface area contributed by atoms with E-state index >= 15 is 0 Å². The quantitative estimate of drug-likeness (QED) is 0.130. The number of benzene rings is 1. The Hall–Kier alpha value is -4.04. The first-order valence-electron chi connectivity index (χ1n) is 9.99. The van der Waals surface area contributed by atoms with Crippen molar-refractivity contribution in [3.05, 3.63) is 35.9 Å². The molecule has 186 valence electrons. The van der Waals surface area contributed by atoms with Gasteiger partial charge >= 0.3 is 11.9 Å². The number of nitrogens with two attached hydrogens (primary N) is 2. The van der Waals surface area contributed by atoms with Gasteiger partial charge in [-0.05, 0) is 12.0 Å². The molecule has 0 radical (unpaired) electrons. The zero-order valence-electron chi connectivity index (χ0n) is 18.0. The number of rotatable bonds is 14. The van der Waals surface area contributed by atoms with Crippen molar-refractivity contribution in [3.63, 3.8) is 0 Å². The van der Waals surface area contributed by atoms with Gasteiger partial charge in [0.05, 0.1) is 25.5 Å². The van der Waals surface area contributed by atoms with Crippen LogP contribution in [0.25, 0.3) is 0 Å². The molecule has 14 nitrogen and oxygen atoms in total. The molecular weight excluding hydrogens is 454 g/mol. The summed E-state index contributed by atoms with van der Waals surface area (Å²) in [6.07, 6.45) is -1.60. The van der Waals surface area contributed by atoms with Gasteiger partial charge in [-0.3, -0.25) is 24.0 Å². The van der Waals surface area contributed by atoms with Gasteiger partial charge in [-0.25, -0.2) is 4.79 Å². The Kier molecular flexibility index (Phi) is 11.1. The third-order valence-electron chi connectivity index (χ3n) is 4.48. The Morgan fingerprint density at radius 3 is 1.82 bits per heavy atom. The topological polar surface area (TPSA) is 251 Å². The molecule has 10 N–H and O–H groups in total. The van der Waals surface area contributed by atoms with Gasteiger partial charge in [0.25, 0.3) is 0 Å². The molecule has 4 amide bonds. The third-order valence-corrected chi connectivity index (χ3v) is 4.48. The Labute approximate surface area is 193 Å². The maximum atomic E-state index is 12.5. The Bertz CT molecular complexity index is 909. The molecule has 4 unspecified atom stereocenters. The van der Waals surface area contributed by atoms with Crippen molar-refractivity contribution in [2.45, 2.75) is 43.4 Å². The number of carbonyl (C=O) groups excluding carboxylic acids is 4. The summed E-state index contributed by atoms with van der Waals surface area (Å²) in [6.45, 7) is -0.906. The number of aliphatic carboxylic acids is 2. The molecule has 4 atom stereocenters. The van der Waals surface area contributed by atoms with Crippen molar-refractivity contribution in [1.82, 2.24) is 16.0 Å². The highest BCUT2D eigenvalue weighted by Gasteiger charge is 2.32. The summed E-state index contributed by atoms with van der Waals surface area (Å²) in [5.41, 5.74) is 11.5. The molecule has 0 aliphatic carbocycles. The van der Waals surface area contributed by atoms with Crippen molar-refractivity contribution in [2.75, 3.05) is 6.61 Å². The van der Waals surface area contributed by atoms with Gasteiger partial charge in [-0.2, -0.15) is 0 Å². The minimum Gasteiger partial charge on any atom is -0.481 e. The van der Waals surface area contributed by atoms with Crippen LogP contribution in [0.4, 0.5) is 0 Å². The smallest absolute Gasteiger partial charge is 0.326 e. The number of nitrogens with one attached hydrogen (secondary N) is 3. The zero-order valence-corrected chi connectivity index (χ0v) is 18.0. The summed E-state index contributed by atoms with van der Waals surface area (Å²) < 4.78 is 0. The summed E-state index contributed by atoms with van der Waals surface area (Å²) in [5, 5.41) is 33.8. The standard InChI is InChI=1S/C20H27N5O9/c21-11(6-10-4-2-1-3-5-10)17(30)25-14(9-26)19(32)23-12(8-16(28)29)18(31)24-13(20(33)34)7-15(22)27/h1-5,11-14,26H,6-9,21H2,(H2,22,27)(H,23,32)(H,24,31)(H,25,30)(H,28,29)(H,33,34). The van der Waals surface area contributed by atoms with Crippen molar-refractivity contribution in [1.29, 1.82) is 0 Å². The van der Waals surface area contributed by atoms with Crippen LogP contribution in [0.3, 0.4) is 0 Å². The van der Waals surface area contributed by atoms with Crippen LogP contribution in [-0.4, -0.2) is 81.7 Å². The lowest BCUT2D eigenvalue weighted by Gasteiger charge is -2.23. The monoisotopic (exact) mass is 481 g/mol. The van der Waals surface area contributed by atoms with E-state index in [1.54, 1.807) is 30.3 Å². The van der Waals surface area contributed by atoms with E-state index in [9.17, 15) is 33.9 Å². The fourth-order valence-electron chi connectivity index (χ4n) is 2.76. The second kappa shape index (κ2) is 13.5. The molecule has 0 heterocycles. The Morgan fingerprint density at radius 2 is 1.32 bits per heavy atom. The van der Waals surface area contributed by atoms with E-state index in [2.05, 4.69) is 5.32 Å². The average molecular weight is 481 g/mol. The maximum Gasteiger partial charge on any atom is 0.326 e. The lowest BCUT2D eigenvalue weighted by molar-refractivity contribution is -0.145. The number of aliphatic hydroxyl groups excluding tert-OH is 1. The number of amides is 4. The molecule has 0 spiro atoms. The second-order valence-electron chi connectivity index (χ2n) is 7.27. The fourth-order valence-corrected chi connectivity index (χ4v) is 2.76. The SMILES string of the molecule is NC(=O)CC(NC(=O)C(CC(=O)O)NC(=O)C(CO)NC(=O)C(N)Cc1ccccc1)C(=O)O. The lowest BCUT2D eigenvalue weighted by Crippen LogP contribution is -2.58. The van der Waals surface area contributed by atoms with Gasteiger partial charge in [0, 0.05) is 0 Å². The molecule has 1 aromatic rings. The summed E-state index contributed by atoms with van der Waals surface area (Å²) in [6, 6.07) is 2.53. The van der Waals surface area contributed by atoms with Crippen molar-refractivity contribution < 1.29 is 44.1 Å². The van der Waals surface area contributed by atoms with E-state index in [1.165, 1.54) is 0 Å². The molecule has 0 bridgehead atoms. The lowest BCUT2D eigenvalue weighted by atomic mass is 10.1. The molecule has 14 heteroatoms. The number of primary amides is 1. The number of carboxylic acids is 2. The first-order chi connectivity index (χ1) is 15.9. The Morgan fingerprint density at radius 1 is 0.794 bits per heavy atom. The van der Waals surface area contributed by atoms with Crippen LogP contribution < -0.4 is 27.4 Å². The fraction of sp³-hybridized carbons (Fsp3) is 0.400. The van der Waals surface area contributed by atoms with E-state index in [0.717, 1.165) is 5.56 Å². The molecule has 0 fully saturated rings. The predicted molar refractivity (Wildman–Crippen MR) is 115 cm³/mol. The van der Waals surface area contributed by atoms with Gasteiger partial charge in [0.2, 0.25) is 23.6 Å². The van der Waals surface area contributed by atoms with Crippen LogP contribution in [0, 0.1) is 0 Å². The number of carbonyl (C=O) groups is 6. The van der Waals surface area contributed by atoms with Gasteiger partial charge < -0.3 is 42.7 Å². The third kappa shape index (κ3) is 9.62. The average Bonchev–Trinajstić information content (AvgIpc) is 2.76. The van der Waals surface area contributed by atoms with Gasteiger partial charge in [-0.1, -0.05) is 30.3 Å². The van der Waals surface area contributed by atoms with Gasteiger partial charge in [0.15, 0.2) is 0 Å². The van der Waals surface area contributed by atoms with E-state index in [0.29, 0.717) is 0 Å². The van der Waals surface area contributed by atoms with Crippen molar-refractivity contribution >= 4 is 35.6 Å². The van der Waals surface area contributed by atoms with Gasteiger partial charge in [0.1, 0.15) is 18.1 Å². The molecule has 0 saturated carbocycles. The van der Waals surface area contributed by atoms with Crippen molar-refractivity contribution in [3.8, 4) is 0 Å². The molecule has 1 aromatic carbocycles. The zero-order chi connectivity index (χ0) is 25.8. The largest absolute Gasteiger partial charge is 0.481 e. The number of aliphatic hydroxyl groups is 1. The number of hydrogen-bond donors (Lipinski definition) is 8.